The Morgan fingerprint density at radius 1 is 1.21 bits per heavy atom. The number of hydrogen-bond donors (Lipinski definition) is 1. The van der Waals surface area contributed by atoms with Crippen LogP contribution in [0.4, 0.5) is 5.69 Å². The molecule has 29 heavy (non-hydrogen) atoms. The molecule has 1 aromatic rings. The summed E-state index contributed by atoms with van der Waals surface area (Å²) < 4.78 is 27.3. The molecule has 1 N–H and O–H groups in total. The van der Waals surface area contributed by atoms with Gasteiger partial charge < -0.3 is 29.0 Å². The number of nitrogens with one attached hydrogen (secondary N) is 1. The van der Waals surface area contributed by atoms with E-state index >= 15 is 0 Å². The largest absolute Gasteiger partial charge is 0.494 e. The molecular formula is C22H35NO6. The molecule has 1 saturated heterocycles. The van der Waals surface area contributed by atoms with Gasteiger partial charge in [0, 0.05) is 18.4 Å². The van der Waals surface area contributed by atoms with Crippen LogP contribution in [0.3, 0.4) is 0 Å². The van der Waals surface area contributed by atoms with Gasteiger partial charge >= 0.3 is 0 Å². The van der Waals surface area contributed by atoms with Gasteiger partial charge in [-0.3, -0.25) is 4.79 Å². The quantitative estimate of drug-likeness (QED) is 0.365. The van der Waals surface area contributed by atoms with Crippen LogP contribution >= 0.6 is 0 Å². The molecule has 164 valence electrons. The lowest BCUT2D eigenvalue weighted by Gasteiger charge is -2.19. The third-order valence-electron chi connectivity index (χ3n) is 4.69. The lowest BCUT2D eigenvalue weighted by molar-refractivity contribution is -0.123. The predicted octanol–water partition coefficient (Wildman–Crippen LogP) is 4.28. The van der Waals surface area contributed by atoms with E-state index in [-0.39, 0.29) is 25.2 Å². The molecule has 1 fully saturated rings. The Kier molecular flexibility index (Phi) is 11.0. The summed E-state index contributed by atoms with van der Waals surface area (Å²) >= 11 is 0. The SMILES string of the molecule is CCCCCCCOc1ccc(NC(=O)C(C)COCOC)c(C2OCCO2)c1. The highest BCUT2D eigenvalue weighted by Gasteiger charge is 2.24. The van der Waals surface area contributed by atoms with Crippen LogP contribution in [0.2, 0.25) is 0 Å². The minimum absolute atomic E-state index is 0.134. The number of anilines is 1. The molecule has 1 atom stereocenters. The van der Waals surface area contributed by atoms with Gasteiger partial charge in [0.1, 0.15) is 12.5 Å². The number of ether oxygens (including phenoxy) is 5. The molecule has 2 rings (SSSR count). The normalized spacial score (nSPS) is 15.4. The van der Waals surface area contributed by atoms with Crippen LogP contribution in [0.15, 0.2) is 18.2 Å². The molecule has 1 unspecified atom stereocenters. The minimum Gasteiger partial charge on any atom is -0.494 e. The molecule has 1 aliphatic heterocycles. The van der Waals surface area contributed by atoms with Crippen molar-refractivity contribution in [2.45, 2.75) is 52.2 Å². The number of carbonyl (C=O) groups excluding carboxylic acids is 1. The summed E-state index contributed by atoms with van der Waals surface area (Å²) in [6.45, 7) is 6.20. The Bertz CT molecular complexity index is 603. The van der Waals surface area contributed by atoms with Gasteiger partial charge in [-0.15, -0.1) is 0 Å². The Morgan fingerprint density at radius 3 is 2.69 bits per heavy atom. The first-order chi connectivity index (χ1) is 14.2. The zero-order valence-corrected chi connectivity index (χ0v) is 17.9. The van der Waals surface area contributed by atoms with Gasteiger partial charge in [0.25, 0.3) is 0 Å². The summed E-state index contributed by atoms with van der Waals surface area (Å²) in [4.78, 5) is 12.5. The summed E-state index contributed by atoms with van der Waals surface area (Å²) in [6, 6.07) is 5.60. The van der Waals surface area contributed by atoms with E-state index < -0.39 is 6.29 Å². The fourth-order valence-electron chi connectivity index (χ4n) is 3.01. The van der Waals surface area contributed by atoms with Crippen LogP contribution in [0, 0.1) is 5.92 Å². The van der Waals surface area contributed by atoms with Crippen molar-refractivity contribution < 1.29 is 28.5 Å². The van der Waals surface area contributed by atoms with Crippen LogP contribution in [-0.4, -0.2) is 46.2 Å². The van der Waals surface area contributed by atoms with Crippen molar-refractivity contribution in [3.05, 3.63) is 23.8 Å². The van der Waals surface area contributed by atoms with E-state index in [1.54, 1.807) is 7.11 Å². The molecule has 1 aromatic carbocycles. The smallest absolute Gasteiger partial charge is 0.229 e. The monoisotopic (exact) mass is 409 g/mol. The van der Waals surface area contributed by atoms with Gasteiger partial charge in [0.05, 0.1) is 32.3 Å². The molecule has 0 aromatic heterocycles. The van der Waals surface area contributed by atoms with Crippen LogP contribution in [0.5, 0.6) is 5.75 Å². The van der Waals surface area contributed by atoms with Crippen LogP contribution < -0.4 is 10.1 Å². The molecular weight excluding hydrogens is 374 g/mol. The lowest BCUT2D eigenvalue weighted by atomic mass is 10.1. The van der Waals surface area contributed by atoms with Crippen molar-refractivity contribution in [2.24, 2.45) is 5.92 Å². The fourth-order valence-corrected chi connectivity index (χ4v) is 3.01. The van der Waals surface area contributed by atoms with E-state index in [1.807, 2.05) is 25.1 Å². The maximum Gasteiger partial charge on any atom is 0.229 e. The maximum absolute atomic E-state index is 12.5. The number of methoxy groups -OCH3 is 1. The number of hydrogen-bond acceptors (Lipinski definition) is 6. The third-order valence-corrected chi connectivity index (χ3v) is 4.69. The molecule has 0 spiro atoms. The number of unbranched alkanes of at least 4 members (excludes halogenated alkanes) is 4. The average molecular weight is 410 g/mol. The van der Waals surface area contributed by atoms with Gasteiger partial charge in [-0.1, -0.05) is 39.5 Å². The van der Waals surface area contributed by atoms with Crippen LogP contribution in [0.1, 0.15) is 57.8 Å². The second kappa shape index (κ2) is 13.5. The van der Waals surface area contributed by atoms with Crippen LogP contribution in [-0.2, 0) is 23.7 Å². The topological polar surface area (TPSA) is 75.3 Å². The maximum atomic E-state index is 12.5. The Labute approximate surface area is 174 Å². The highest BCUT2D eigenvalue weighted by atomic mass is 16.7. The molecule has 1 heterocycles. The Balaban J connectivity index is 1.96. The van der Waals surface area contributed by atoms with E-state index in [0.29, 0.717) is 25.5 Å². The molecule has 7 nitrogen and oxygen atoms in total. The van der Waals surface area contributed by atoms with Crippen molar-refractivity contribution >= 4 is 11.6 Å². The number of amides is 1. The minimum atomic E-state index is -0.501. The van der Waals surface area contributed by atoms with Gasteiger partial charge in [-0.2, -0.15) is 0 Å². The van der Waals surface area contributed by atoms with Gasteiger partial charge in [-0.25, -0.2) is 0 Å². The molecule has 1 amide bonds. The standard InChI is InChI=1S/C22H35NO6/c1-4-5-6-7-8-11-27-18-9-10-20(19(14-18)22-28-12-13-29-22)23-21(24)17(2)15-26-16-25-3/h9-10,14,17,22H,4-8,11-13,15-16H2,1-3H3,(H,23,24). The first-order valence-corrected chi connectivity index (χ1v) is 10.5. The average Bonchev–Trinajstić information content (AvgIpc) is 3.26. The van der Waals surface area contributed by atoms with E-state index in [4.69, 9.17) is 23.7 Å². The summed E-state index contributed by atoms with van der Waals surface area (Å²) in [5.74, 6) is 0.302. The first-order valence-electron chi connectivity index (χ1n) is 10.5. The number of benzene rings is 1. The number of carbonyl (C=O) groups is 1. The summed E-state index contributed by atoms with van der Waals surface area (Å²) in [5.41, 5.74) is 1.43. The van der Waals surface area contributed by atoms with E-state index in [9.17, 15) is 4.79 Å². The van der Waals surface area contributed by atoms with Crippen molar-refractivity contribution in [3.63, 3.8) is 0 Å². The van der Waals surface area contributed by atoms with E-state index in [1.165, 1.54) is 25.7 Å². The second-order valence-electron chi connectivity index (χ2n) is 7.25. The summed E-state index contributed by atoms with van der Waals surface area (Å²) in [5, 5.41) is 2.96. The van der Waals surface area contributed by atoms with Gasteiger partial charge in [0.2, 0.25) is 5.91 Å². The Hall–Kier alpha value is -1.67. The van der Waals surface area contributed by atoms with E-state index in [2.05, 4.69) is 12.2 Å². The summed E-state index contributed by atoms with van der Waals surface area (Å²) in [6.07, 6.45) is 5.44. The van der Waals surface area contributed by atoms with Gasteiger partial charge in [0.15, 0.2) is 6.29 Å². The fraction of sp³-hybridized carbons (Fsp3) is 0.682. The number of rotatable bonds is 14. The molecule has 0 saturated carbocycles. The zero-order chi connectivity index (χ0) is 20.9. The molecule has 7 heteroatoms. The molecule has 0 aliphatic carbocycles. The summed E-state index contributed by atoms with van der Waals surface area (Å²) in [7, 11) is 1.55. The predicted molar refractivity (Wildman–Crippen MR) is 111 cm³/mol. The van der Waals surface area contributed by atoms with Gasteiger partial charge in [-0.05, 0) is 24.6 Å². The van der Waals surface area contributed by atoms with E-state index in [0.717, 1.165) is 17.7 Å². The van der Waals surface area contributed by atoms with Crippen molar-refractivity contribution in [3.8, 4) is 5.75 Å². The van der Waals surface area contributed by atoms with Crippen molar-refractivity contribution in [1.82, 2.24) is 0 Å². The molecule has 0 bridgehead atoms. The van der Waals surface area contributed by atoms with Crippen molar-refractivity contribution in [2.75, 3.05) is 45.6 Å². The molecule has 0 radical (unpaired) electrons. The molecule has 1 aliphatic rings. The highest BCUT2D eigenvalue weighted by Crippen LogP contribution is 2.33. The highest BCUT2D eigenvalue weighted by molar-refractivity contribution is 5.93. The second-order valence-corrected chi connectivity index (χ2v) is 7.25. The third kappa shape index (κ3) is 8.30. The lowest BCUT2D eigenvalue weighted by Crippen LogP contribution is -2.25. The zero-order valence-electron chi connectivity index (χ0n) is 17.9. The van der Waals surface area contributed by atoms with Crippen LogP contribution in [0.25, 0.3) is 0 Å². The Morgan fingerprint density at radius 2 is 1.97 bits per heavy atom. The first kappa shape index (κ1) is 23.6. The van der Waals surface area contributed by atoms with Crippen molar-refractivity contribution in [1.29, 1.82) is 0 Å².